The van der Waals surface area contributed by atoms with Crippen molar-refractivity contribution in [2.45, 2.75) is 34.6 Å². The van der Waals surface area contributed by atoms with Crippen LogP contribution in [0.15, 0.2) is 60.7 Å². The highest BCUT2D eigenvalue weighted by Gasteiger charge is 2.15. The molecule has 0 amide bonds. The molecule has 24 heavy (non-hydrogen) atoms. The number of hydrogen-bond acceptors (Lipinski definition) is 1. The van der Waals surface area contributed by atoms with E-state index in [2.05, 4.69) is 100 Å². The van der Waals surface area contributed by atoms with Gasteiger partial charge < -0.3 is 4.90 Å². The van der Waals surface area contributed by atoms with E-state index in [4.69, 9.17) is 0 Å². The Labute approximate surface area is 145 Å². The fourth-order valence-corrected chi connectivity index (χ4v) is 3.16. The maximum absolute atomic E-state index is 2.36. The van der Waals surface area contributed by atoms with Crippen LogP contribution in [-0.2, 0) is 0 Å². The molecule has 0 saturated carbocycles. The third kappa shape index (κ3) is 3.35. The van der Waals surface area contributed by atoms with Gasteiger partial charge in [0.25, 0.3) is 0 Å². The molecule has 0 radical (unpaired) electrons. The van der Waals surface area contributed by atoms with Gasteiger partial charge in [0.05, 0.1) is 0 Å². The molecule has 1 heteroatoms. The molecular formula is C23H25N. The largest absolute Gasteiger partial charge is 0.310 e. The van der Waals surface area contributed by atoms with E-state index in [9.17, 15) is 0 Å². The quantitative estimate of drug-likeness (QED) is 0.520. The number of hydrogen-bond donors (Lipinski definition) is 0. The Morgan fingerprint density at radius 1 is 0.500 bits per heavy atom. The van der Waals surface area contributed by atoms with E-state index in [0.717, 1.165) is 0 Å². The van der Waals surface area contributed by atoms with Gasteiger partial charge in [0.2, 0.25) is 0 Å². The van der Waals surface area contributed by atoms with Crippen molar-refractivity contribution in [1.29, 1.82) is 0 Å². The van der Waals surface area contributed by atoms with Gasteiger partial charge in [-0.25, -0.2) is 0 Å². The molecule has 122 valence electrons. The molecule has 0 spiro atoms. The Balaban J connectivity index is 2.24. The average Bonchev–Trinajstić information content (AvgIpc) is 2.52. The summed E-state index contributed by atoms with van der Waals surface area (Å²) in [6.45, 7) is 10.8. The van der Waals surface area contributed by atoms with E-state index in [1.54, 1.807) is 0 Å². The summed E-state index contributed by atoms with van der Waals surface area (Å²) in [4.78, 5) is 2.36. The molecule has 0 aliphatic carbocycles. The van der Waals surface area contributed by atoms with E-state index in [-0.39, 0.29) is 0 Å². The minimum absolute atomic E-state index is 1.19. The van der Waals surface area contributed by atoms with Crippen LogP contribution in [0.3, 0.4) is 0 Å². The van der Waals surface area contributed by atoms with E-state index < -0.39 is 0 Å². The van der Waals surface area contributed by atoms with Crippen LogP contribution in [0.4, 0.5) is 17.1 Å². The number of nitrogens with zero attached hydrogens (tertiary/aromatic N) is 1. The Kier molecular flexibility index (Phi) is 4.44. The fourth-order valence-electron chi connectivity index (χ4n) is 3.16. The van der Waals surface area contributed by atoms with Crippen molar-refractivity contribution in [3.8, 4) is 0 Å². The predicted molar refractivity (Wildman–Crippen MR) is 105 cm³/mol. The molecule has 3 aromatic carbocycles. The van der Waals surface area contributed by atoms with Crippen LogP contribution < -0.4 is 4.90 Å². The molecule has 0 unspecified atom stereocenters. The highest BCUT2D eigenvalue weighted by molar-refractivity contribution is 5.79. The highest BCUT2D eigenvalue weighted by Crippen LogP contribution is 2.37. The first-order valence-electron chi connectivity index (χ1n) is 8.46. The summed E-state index contributed by atoms with van der Waals surface area (Å²) in [5.74, 6) is 0. The van der Waals surface area contributed by atoms with Gasteiger partial charge in [0.1, 0.15) is 0 Å². The molecule has 0 aromatic heterocycles. The molecule has 0 bridgehead atoms. The molecule has 0 heterocycles. The number of benzene rings is 3. The second-order valence-electron chi connectivity index (χ2n) is 6.81. The fraction of sp³-hybridized carbons (Fsp3) is 0.217. The predicted octanol–water partition coefficient (Wildman–Crippen LogP) is 6.70. The number of aryl methyl sites for hydroxylation is 5. The maximum Gasteiger partial charge on any atom is 0.0493 e. The summed E-state index contributed by atoms with van der Waals surface area (Å²) >= 11 is 0. The van der Waals surface area contributed by atoms with Crippen LogP contribution in [-0.4, -0.2) is 0 Å². The van der Waals surface area contributed by atoms with Crippen molar-refractivity contribution in [1.82, 2.24) is 0 Å². The van der Waals surface area contributed by atoms with Crippen LogP contribution in [0.1, 0.15) is 27.8 Å². The first-order valence-corrected chi connectivity index (χ1v) is 8.46. The highest BCUT2D eigenvalue weighted by atomic mass is 15.1. The second kappa shape index (κ2) is 6.52. The van der Waals surface area contributed by atoms with Gasteiger partial charge in [-0.1, -0.05) is 35.9 Å². The van der Waals surface area contributed by atoms with Gasteiger partial charge >= 0.3 is 0 Å². The van der Waals surface area contributed by atoms with Crippen molar-refractivity contribution in [2.24, 2.45) is 0 Å². The first kappa shape index (κ1) is 16.3. The molecular weight excluding hydrogens is 290 g/mol. The molecule has 1 nitrogen and oxygen atoms in total. The van der Waals surface area contributed by atoms with Crippen LogP contribution in [0.2, 0.25) is 0 Å². The molecule has 3 aromatic rings. The monoisotopic (exact) mass is 315 g/mol. The normalized spacial score (nSPS) is 10.7. The lowest BCUT2D eigenvalue weighted by Gasteiger charge is -2.28. The summed E-state index contributed by atoms with van der Waals surface area (Å²) in [5.41, 5.74) is 10.0. The van der Waals surface area contributed by atoms with Crippen molar-refractivity contribution in [3.63, 3.8) is 0 Å². The molecule has 3 rings (SSSR count). The Bertz CT molecular complexity index is 839. The smallest absolute Gasteiger partial charge is 0.0493 e. The summed E-state index contributed by atoms with van der Waals surface area (Å²) < 4.78 is 0. The number of rotatable bonds is 3. The van der Waals surface area contributed by atoms with E-state index in [0.29, 0.717) is 0 Å². The third-order valence-electron chi connectivity index (χ3n) is 4.36. The molecule has 0 aliphatic rings. The Hall–Kier alpha value is -2.54. The van der Waals surface area contributed by atoms with E-state index >= 15 is 0 Å². The minimum atomic E-state index is 1.19. The molecule has 0 saturated heterocycles. The van der Waals surface area contributed by atoms with E-state index in [1.807, 2.05) is 0 Å². The lowest BCUT2D eigenvalue weighted by atomic mass is 10.1. The zero-order chi connectivity index (χ0) is 17.3. The van der Waals surface area contributed by atoms with Crippen molar-refractivity contribution >= 4 is 17.1 Å². The second-order valence-corrected chi connectivity index (χ2v) is 6.81. The Morgan fingerprint density at radius 2 is 1.08 bits per heavy atom. The average molecular weight is 315 g/mol. The maximum atomic E-state index is 2.36. The van der Waals surface area contributed by atoms with Crippen LogP contribution >= 0.6 is 0 Å². The van der Waals surface area contributed by atoms with E-state index in [1.165, 1.54) is 44.9 Å². The van der Waals surface area contributed by atoms with Crippen molar-refractivity contribution < 1.29 is 0 Å². The third-order valence-corrected chi connectivity index (χ3v) is 4.36. The molecule has 0 fully saturated rings. The lowest BCUT2D eigenvalue weighted by Crippen LogP contribution is -2.12. The minimum Gasteiger partial charge on any atom is -0.310 e. The van der Waals surface area contributed by atoms with Gasteiger partial charge in [-0.3, -0.25) is 0 Å². The van der Waals surface area contributed by atoms with Crippen molar-refractivity contribution in [2.75, 3.05) is 4.90 Å². The van der Waals surface area contributed by atoms with Crippen LogP contribution in [0.25, 0.3) is 0 Å². The zero-order valence-electron chi connectivity index (χ0n) is 15.2. The topological polar surface area (TPSA) is 3.24 Å². The molecule has 0 atom stereocenters. The van der Waals surface area contributed by atoms with Crippen molar-refractivity contribution in [3.05, 3.63) is 88.5 Å². The SMILES string of the molecule is Cc1ccc(N(c2cc(C)cc(C)c2)c2cc(C)ccc2C)cc1. The number of anilines is 3. The Morgan fingerprint density at radius 3 is 1.71 bits per heavy atom. The van der Waals surface area contributed by atoms with Crippen LogP contribution in [0.5, 0.6) is 0 Å². The van der Waals surface area contributed by atoms with Gasteiger partial charge in [-0.15, -0.1) is 0 Å². The standard InChI is InChI=1S/C23H25N/c1-16-7-10-21(11-8-16)24(22-13-18(3)12-19(4)14-22)23-15-17(2)6-9-20(23)5/h6-15H,1-5H3. The zero-order valence-corrected chi connectivity index (χ0v) is 15.2. The molecule has 0 aliphatic heterocycles. The summed E-state index contributed by atoms with van der Waals surface area (Å²) in [6, 6.07) is 22.1. The van der Waals surface area contributed by atoms with Gasteiger partial charge in [0, 0.05) is 17.1 Å². The lowest BCUT2D eigenvalue weighted by molar-refractivity contribution is 1.22. The van der Waals surface area contributed by atoms with Gasteiger partial charge in [-0.05, 0) is 87.2 Å². The summed E-state index contributed by atoms with van der Waals surface area (Å²) in [5, 5.41) is 0. The molecule has 0 N–H and O–H groups in total. The first-order chi connectivity index (χ1) is 11.4. The van der Waals surface area contributed by atoms with Gasteiger partial charge in [-0.2, -0.15) is 0 Å². The summed E-state index contributed by atoms with van der Waals surface area (Å²) in [7, 11) is 0. The van der Waals surface area contributed by atoms with Gasteiger partial charge in [0.15, 0.2) is 0 Å². The van der Waals surface area contributed by atoms with Crippen LogP contribution in [0, 0.1) is 34.6 Å². The summed E-state index contributed by atoms with van der Waals surface area (Å²) in [6.07, 6.45) is 0.